The van der Waals surface area contributed by atoms with Crippen molar-refractivity contribution >= 4 is 0 Å². The van der Waals surface area contributed by atoms with Gasteiger partial charge in [0, 0.05) is 0 Å². The van der Waals surface area contributed by atoms with E-state index in [2.05, 4.69) is 16.4 Å². The fourth-order valence-corrected chi connectivity index (χ4v) is 4.53. The normalized spacial score (nSPS) is 19.3. The molecule has 0 amide bonds. The molecule has 0 aromatic heterocycles. The molecule has 188 valence electrons. The maximum atomic E-state index is 14.6. The van der Waals surface area contributed by atoms with Crippen LogP contribution in [0.15, 0.2) is 36.4 Å². The van der Waals surface area contributed by atoms with Crippen LogP contribution in [0.5, 0.6) is 5.75 Å². The van der Waals surface area contributed by atoms with E-state index in [1.807, 2.05) is 0 Å². The summed E-state index contributed by atoms with van der Waals surface area (Å²) in [4.78, 5) is 0. The maximum Gasteiger partial charge on any atom is 0.573 e. The van der Waals surface area contributed by atoms with Crippen molar-refractivity contribution in [2.24, 2.45) is 5.92 Å². The summed E-state index contributed by atoms with van der Waals surface area (Å²) in [5.74, 6) is -2.63. The molecule has 9 heteroatoms. The Morgan fingerprint density at radius 3 is 2.00 bits per heavy atom. The summed E-state index contributed by atoms with van der Waals surface area (Å²) < 4.78 is 103. The molecule has 0 aliphatic heterocycles. The number of hydrogen-bond donors (Lipinski definition) is 0. The van der Waals surface area contributed by atoms with Gasteiger partial charge in [-0.25, -0.2) is 8.78 Å². The molecular formula is C25H27F7O2. The maximum absolute atomic E-state index is 14.6. The Hall–Kier alpha value is -2.29. The predicted molar refractivity (Wildman–Crippen MR) is 113 cm³/mol. The minimum atomic E-state index is -4.84. The van der Waals surface area contributed by atoms with E-state index in [9.17, 15) is 30.7 Å². The van der Waals surface area contributed by atoms with Gasteiger partial charge >= 0.3 is 12.5 Å². The minimum Gasteiger partial charge on any atom is -0.406 e. The minimum absolute atomic E-state index is 0.0648. The molecule has 0 saturated heterocycles. The second-order valence-electron chi connectivity index (χ2n) is 8.67. The van der Waals surface area contributed by atoms with Crippen LogP contribution in [-0.4, -0.2) is 13.0 Å². The van der Waals surface area contributed by atoms with Gasteiger partial charge in [0.15, 0.2) is 0 Å². The van der Waals surface area contributed by atoms with Crippen LogP contribution in [0.2, 0.25) is 0 Å². The first-order chi connectivity index (χ1) is 16.0. The van der Waals surface area contributed by atoms with Crippen molar-refractivity contribution in [2.45, 2.75) is 70.3 Å². The molecule has 0 heterocycles. The molecule has 2 aromatic carbocycles. The topological polar surface area (TPSA) is 18.5 Å². The van der Waals surface area contributed by atoms with Gasteiger partial charge in [0.2, 0.25) is 0 Å². The van der Waals surface area contributed by atoms with E-state index in [-0.39, 0.29) is 12.3 Å². The number of hydrogen-bond acceptors (Lipinski definition) is 2. The van der Waals surface area contributed by atoms with E-state index in [1.54, 1.807) is 0 Å². The molecule has 0 unspecified atom stereocenters. The Labute approximate surface area is 194 Å². The zero-order valence-electron chi connectivity index (χ0n) is 18.7. The number of alkyl halides is 5. The largest absolute Gasteiger partial charge is 0.573 e. The molecule has 0 atom stereocenters. The Morgan fingerprint density at radius 2 is 1.47 bits per heavy atom. The lowest BCUT2D eigenvalue weighted by Crippen LogP contribution is -2.24. The molecule has 0 bridgehead atoms. The molecular weight excluding hydrogens is 465 g/mol. The Kier molecular flexibility index (Phi) is 8.49. The Bertz CT molecular complexity index is 910. The second-order valence-corrected chi connectivity index (χ2v) is 8.67. The third-order valence-electron chi connectivity index (χ3n) is 6.20. The summed E-state index contributed by atoms with van der Waals surface area (Å²) in [7, 11) is 0. The van der Waals surface area contributed by atoms with Crippen molar-refractivity contribution in [1.29, 1.82) is 0 Å². The Morgan fingerprint density at radius 1 is 0.882 bits per heavy atom. The van der Waals surface area contributed by atoms with Crippen molar-refractivity contribution in [3.05, 3.63) is 64.7 Å². The van der Waals surface area contributed by atoms with Gasteiger partial charge in [0.05, 0.1) is 6.61 Å². The molecule has 34 heavy (non-hydrogen) atoms. The van der Waals surface area contributed by atoms with Crippen LogP contribution in [0.4, 0.5) is 30.7 Å². The van der Waals surface area contributed by atoms with Gasteiger partial charge in [-0.1, -0.05) is 31.9 Å². The molecule has 2 aromatic rings. The molecule has 1 saturated carbocycles. The molecule has 1 aliphatic carbocycles. The summed E-state index contributed by atoms with van der Waals surface area (Å²) in [6, 6.07) is 6.53. The monoisotopic (exact) mass is 492 g/mol. The zero-order valence-corrected chi connectivity index (χ0v) is 18.7. The first-order valence-electron chi connectivity index (χ1n) is 11.3. The molecule has 1 fully saturated rings. The van der Waals surface area contributed by atoms with Gasteiger partial charge in [-0.3, -0.25) is 0 Å². The van der Waals surface area contributed by atoms with E-state index >= 15 is 0 Å². The van der Waals surface area contributed by atoms with Gasteiger partial charge in [0.25, 0.3) is 0 Å². The quantitative estimate of drug-likeness (QED) is 0.328. The van der Waals surface area contributed by atoms with E-state index in [4.69, 9.17) is 0 Å². The van der Waals surface area contributed by atoms with Crippen molar-refractivity contribution in [3.8, 4) is 5.75 Å². The highest BCUT2D eigenvalue weighted by atomic mass is 19.4. The number of ether oxygens (including phenoxy) is 2. The van der Waals surface area contributed by atoms with Crippen LogP contribution in [0.3, 0.4) is 0 Å². The van der Waals surface area contributed by atoms with E-state index in [0.29, 0.717) is 17.0 Å². The summed E-state index contributed by atoms with van der Waals surface area (Å²) in [5.41, 5.74) is -0.671. The van der Waals surface area contributed by atoms with E-state index in [0.717, 1.165) is 62.8 Å². The highest BCUT2D eigenvalue weighted by Gasteiger charge is 2.40. The van der Waals surface area contributed by atoms with Crippen LogP contribution in [0.25, 0.3) is 0 Å². The molecule has 0 spiro atoms. The SMILES string of the molecule is CCCC1CCC(c2cc(F)c(C(F)(F)OCCc3ccc(OC(F)(F)F)cc3)c(F)c2)CC1. The second kappa shape index (κ2) is 11.0. The summed E-state index contributed by atoms with van der Waals surface area (Å²) in [6.07, 6.45) is -3.52. The molecule has 2 nitrogen and oxygen atoms in total. The molecule has 1 aliphatic rings. The number of benzene rings is 2. The Balaban J connectivity index is 1.60. The van der Waals surface area contributed by atoms with E-state index in [1.165, 1.54) is 12.1 Å². The van der Waals surface area contributed by atoms with Crippen molar-refractivity contribution in [1.82, 2.24) is 0 Å². The highest BCUT2D eigenvalue weighted by molar-refractivity contribution is 5.31. The average Bonchev–Trinajstić information content (AvgIpc) is 2.74. The van der Waals surface area contributed by atoms with Gasteiger partial charge in [-0.05, 0) is 79.3 Å². The number of rotatable bonds is 9. The van der Waals surface area contributed by atoms with Crippen LogP contribution < -0.4 is 4.74 Å². The van der Waals surface area contributed by atoms with Crippen LogP contribution in [-0.2, 0) is 17.3 Å². The van der Waals surface area contributed by atoms with Crippen molar-refractivity contribution < 1.29 is 40.2 Å². The van der Waals surface area contributed by atoms with Gasteiger partial charge in [-0.2, -0.15) is 8.78 Å². The van der Waals surface area contributed by atoms with E-state index < -0.39 is 42.0 Å². The van der Waals surface area contributed by atoms with Gasteiger partial charge in [-0.15, -0.1) is 13.2 Å². The lowest BCUT2D eigenvalue weighted by molar-refractivity contribution is -0.274. The zero-order chi connectivity index (χ0) is 24.9. The fraction of sp³-hybridized carbons (Fsp3) is 0.520. The molecule has 3 rings (SSSR count). The van der Waals surface area contributed by atoms with Gasteiger partial charge < -0.3 is 9.47 Å². The fourth-order valence-electron chi connectivity index (χ4n) is 4.53. The van der Waals surface area contributed by atoms with Crippen LogP contribution in [0, 0.1) is 17.6 Å². The lowest BCUT2D eigenvalue weighted by atomic mass is 9.77. The third-order valence-corrected chi connectivity index (χ3v) is 6.20. The molecule has 0 radical (unpaired) electrons. The first-order valence-corrected chi connectivity index (χ1v) is 11.3. The van der Waals surface area contributed by atoms with Crippen molar-refractivity contribution in [3.63, 3.8) is 0 Å². The summed E-state index contributed by atoms with van der Waals surface area (Å²) in [5, 5.41) is 0. The first kappa shape index (κ1) is 26.3. The number of halogens is 7. The van der Waals surface area contributed by atoms with Crippen LogP contribution >= 0.6 is 0 Å². The van der Waals surface area contributed by atoms with Gasteiger partial charge in [0.1, 0.15) is 22.9 Å². The molecule has 0 N–H and O–H groups in total. The smallest absolute Gasteiger partial charge is 0.406 e. The summed E-state index contributed by atoms with van der Waals surface area (Å²) in [6.45, 7) is 1.51. The standard InChI is InChI=1S/C25H27F7O2/c1-2-3-16-4-8-18(9-5-16)19-14-21(26)23(22(27)15-19)24(28,29)33-13-12-17-6-10-20(11-7-17)34-25(30,31)32/h6-7,10-11,14-16,18H,2-5,8-9,12-13H2,1H3. The third kappa shape index (κ3) is 7.10. The summed E-state index contributed by atoms with van der Waals surface area (Å²) >= 11 is 0. The average molecular weight is 492 g/mol. The van der Waals surface area contributed by atoms with Crippen molar-refractivity contribution in [2.75, 3.05) is 6.61 Å². The van der Waals surface area contributed by atoms with Crippen LogP contribution in [0.1, 0.15) is 68.1 Å². The highest BCUT2D eigenvalue weighted by Crippen LogP contribution is 2.40. The predicted octanol–water partition coefficient (Wildman–Crippen LogP) is 8.25. The lowest BCUT2D eigenvalue weighted by Gasteiger charge is -2.29.